The normalized spacial score (nSPS) is 8.27. The zero-order chi connectivity index (χ0) is 8.53. The van der Waals surface area contributed by atoms with Crippen LogP contribution in [0.2, 0.25) is 0 Å². The van der Waals surface area contributed by atoms with Crippen molar-refractivity contribution in [1.82, 2.24) is 0 Å². The van der Waals surface area contributed by atoms with Gasteiger partial charge in [0, 0.05) is 16.9 Å². The van der Waals surface area contributed by atoms with E-state index in [1.165, 1.54) is 12.0 Å². The molecule has 1 nitrogen and oxygen atoms in total. The molecule has 1 rings (SSSR count). The van der Waals surface area contributed by atoms with Crippen LogP contribution in [-0.4, -0.2) is 7.11 Å². The fraction of sp³-hybridized carbons (Fsp3) is 0.333. The Morgan fingerprint density at radius 2 is 1.64 bits per heavy atom. The third-order valence-corrected chi connectivity index (χ3v) is 1.55. The zero-order valence-electron chi connectivity index (χ0n) is 7.20. The fourth-order valence-electron chi connectivity index (χ4n) is 0.572. The molecular formula is C9H14OS. The highest BCUT2D eigenvalue weighted by molar-refractivity contribution is 7.94. The molecule has 0 aromatic heterocycles. The van der Waals surface area contributed by atoms with Gasteiger partial charge in [-0.05, 0) is 12.1 Å². The number of hydrogen-bond donors (Lipinski definition) is 0. The van der Waals surface area contributed by atoms with E-state index in [0.29, 0.717) is 0 Å². The first kappa shape index (κ1) is 10.5. The molecule has 0 radical (unpaired) electrons. The van der Waals surface area contributed by atoms with E-state index in [0.717, 1.165) is 4.90 Å². The summed E-state index contributed by atoms with van der Waals surface area (Å²) in [6, 6.07) is 9.98. The van der Waals surface area contributed by atoms with Gasteiger partial charge < -0.3 is 4.18 Å². The quantitative estimate of drug-likeness (QED) is 0.629. The summed E-state index contributed by atoms with van der Waals surface area (Å²) in [5.74, 6) is 0. The van der Waals surface area contributed by atoms with Crippen molar-refractivity contribution in [3.63, 3.8) is 0 Å². The van der Waals surface area contributed by atoms with E-state index >= 15 is 0 Å². The molecule has 0 aliphatic carbocycles. The molecule has 0 bridgehead atoms. The summed E-state index contributed by atoms with van der Waals surface area (Å²) >= 11 is 1.38. The van der Waals surface area contributed by atoms with Gasteiger partial charge in [-0.2, -0.15) is 0 Å². The second-order valence-electron chi connectivity index (χ2n) is 1.56. The lowest BCUT2D eigenvalue weighted by molar-refractivity contribution is 0.490. The zero-order valence-corrected chi connectivity index (χ0v) is 8.02. The summed E-state index contributed by atoms with van der Waals surface area (Å²) in [4.78, 5) is 1.14. The Labute approximate surface area is 73.0 Å². The van der Waals surface area contributed by atoms with Crippen molar-refractivity contribution in [2.75, 3.05) is 7.11 Å². The van der Waals surface area contributed by atoms with Crippen molar-refractivity contribution < 1.29 is 4.18 Å². The minimum absolute atomic E-state index is 1.14. The van der Waals surface area contributed by atoms with Crippen molar-refractivity contribution in [3.05, 3.63) is 30.3 Å². The van der Waals surface area contributed by atoms with Crippen molar-refractivity contribution in [1.29, 1.82) is 0 Å². The summed E-state index contributed by atoms with van der Waals surface area (Å²) < 4.78 is 4.84. The molecule has 1 aromatic rings. The molecule has 0 aliphatic rings. The SMILES string of the molecule is CC.COSc1ccccc1. The summed E-state index contributed by atoms with van der Waals surface area (Å²) in [6.45, 7) is 4.00. The Morgan fingerprint density at radius 3 is 2.09 bits per heavy atom. The predicted octanol–water partition coefficient (Wildman–Crippen LogP) is 3.37. The van der Waals surface area contributed by atoms with Crippen molar-refractivity contribution in [2.45, 2.75) is 18.7 Å². The highest BCUT2D eigenvalue weighted by Crippen LogP contribution is 2.15. The lowest BCUT2D eigenvalue weighted by Gasteiger charge is -1.93. The van der Waals surface area contributed by atoms with E-state index in [9.17, 15) is 0 Å². The molecule has 0 fully saturated rings. The molecule has 0 amide bonds. The Bertz CT molecular complexity index is 162. The van der Waals surface area contributed by atoms with Gasteiger partial charge in [0.2, 0.25) is 0 Å². The Hall–Kier alpha value is -0.470. The van der Waals surface area contributed by atoms with Crippen molar-refractivity contribution in [2.24, 2.45) is 0 Å². The summed E-state index contributed by atoms with van der Waals surface area (Å²) in [6.07, 6.45) is 0. The third-order valence-electron chi connectivity index (χ3n) is 0.923. The van der Waals surface area contributed by atoms with Crippen LogP contribution in [-0.2, 0) is 4.18 Å². The first-order valence-corrected chi connectivity index (χ1v) is 4.43. The van der Waals surface area contributed by atoms with Crippen LogP contribution in [0.25, 0.3) is 0 Å². The molecule has 0 atom stereocenters. The van der Waals surface area contributed by atoms with Crippen molar-refractivity contribution in [3.8, 4) is 0 Å². The maximum Gasteiger partial charge on any atom is 0.0508 e. The molecule has 0 unspecified atom stereocenters. The van der Waals surface area contributed by atoms with Crippen LogP contribution in [0, 0.1) is 0 Å². The minimum Gasteiger partial charge on any atom is -0.314 e. The number of rotatable bonds is 2. The van der Waals surface area contributed by atoms with Gasteiger partial charge in [0.15, 0.2) is 0 Å². The smallest absolute Gasteiger partial charge is 0.0508 e. The van der Waals surface area contributed by atoms with E-state index in [-0.39, 0.29) is 0 Å². The lowest BCUT2D eigenvalue weighted by atomic mass is 10.4. The first-order chi connectivity index (χ1) is 5.43. The van der Waals surface area contributed by atoms with Gasteiger partial charge in [-0.15, -0.1) is 0 Å². The highest BCUT2D eigenvalue weighted by Gasteiger charge is 1.86. The molecule has 0 aliphatic heterocycles. The van der Waals surface area contributed by atoms with Crippen LogP contribution in [0.5, 0.6) is 0 Å². The topological polar surface area (TPSA) is 9.23 Å². The minimum atomic E-state index is 1.14. The Morgan fingerprint density at radius 1 is 1.09 bits per heavy atom. The van der Waals surface area contributed by atoms with Crippen LogP contribution in [0.15, 0.2) is 35.2 Å². The average Bonchev–Trinajstić information content (AvgIpc) is 2.11. The molecule has 0 heterocycles. The van der Waals surface area contributed by atoms with E-state index in [2.05, 4.69) is 0 Å². The van der Waals surface area contributed by atoms with Crippen LogP contribution in [0.3, 0.4) is 0 Å². The maximum absolute atomic E-state index is 4.84. The average molecular weight is 170 g/mol. The van der Waals surface area contributed by atoms with E-state index in [1.54, 1.807) is 7.11 Å². The number of benzene rings is 1. The second-order valence-corrected chi connectivity index (χ2v) is 2.53. The van der Waals surface area contributed by atoms with E-state index in [1.807, 2.05) is 44.2 Å². The van der Waals surface area contributed by atoms with Crippen molar-refractivity contribution >= 4 is 12.0 Å². The van der Waals surface area contributed by atoms with Crippen LogP contribution in [0.1, 0.15) is 13.8 Å². The Kier molecular flexibility index (Phi) is 7.31. The highest BCUT2D eigenvalue weighted by atomic mass is 32.2. The van der Waals surface area contributed by atoms with Crippen LogP contribution < -0.4 is 0 Å². The molecule has 0 spiro atoms. The van der Waals surface area contributed by atoms with Gasteiger partial charge in [-0.3, -0.25) is 0 Å². The van der Waals surface area contributed by atoms with Gasteiger partial charge in [0.25, 0.3) is 0 Å². The molecule has 11 heavy (non-hydrogen) atoms. The predicted molar refractivity (Wildman–Crippen MR) is 50.7 cm³/mol. The molecule has 0 N–H and O–H groups in total. The van der Waals surface area contributed by atoms with Gasteiger partial charge in [-0.25, -0.2) is 0 Å². The van der Waals surface area contributed by atoms with E-state index in [4.69, 9.17) is 4.18 Å². The lowest BCUT2D eigenvalue weighted by Crippen LogP contribution is -1.68. The van der Waals surface area contributed by atoms with E-state index < -0.39 is 0 Å². The van der Waals surface area contributed by atoms with Crippen LogP contribution in [0.4, 0.5) is 0 Å². The number of hydrogen-bond acceptors (Lipinski definition) is 2. The largest absolute Gasteiger partial charge is 0.314 e. The van der Waals surface area contributed by atoms with Gasteiger partial charge >= 0.3 is 0 Å². The first-order valence-electron chi connectivity index (χ1n) is 3.69. The van der Waals surface area contributed by atoms with Gasteiger partial charge in [0.05, 0.1) is 7.11 Å². The molecule has 1 aromatic carbocycles. The fourth-order valence-corrected chi connectivity index (χ4v) is 1.03. The van der Waals surface area contributed by atoms with Gasteiger partial charge in [0.1, 0.15) is 0 Å². The molecule has 62 valence electrons. The molecular weight excluding hydrogens is 156 g/mol. The van der Waals surface area contributed by atoms with Gasteiger partial charge in [-0.1, -0.05) is 32.0 Å². The standard InChI is InChI=1S/C7H8OS.C2H6/c1-8-9-7-5-3-2-4-6-7;1-2/h2-6H,1H3;1-2H3. The molecule has 0 saturated heterocycles. The summed E-state index contributed by atoms with van der Waals surface area (Å²) in [5.41, 5.74) is 0. The summed E-state index contributed by atoms with van der Waals surface area (Å²) in [5, 5.41) is 0. The van der Waals surface area contributed by atoms with Crippen LogP contribution >= 0.6 is 12.0 Å². The maximum atomic E-state index is 4.84. The third kappa shape index (κ3) is 4.87. The summed E-state index contributed by atoms with van der Waals surface area (Å²) in [7, 11) is 1.66. The second kappa shape index (κ2) is 7.63. The molecule has 2 heteroatoms. The Balaban J connectivity index is 0.000000461. The monoisotopic (exact) mass is 170 g/mol. The molecule has 0 saturated carbocycles.